The molecule has 2 N–H and O–H groups in total. The number of aliphatic imine (C=N–C) groups is 1. The van der Waals surface area contributed by atoms with Gasteiger partial charge in [-0.25, -0.2) is 9.78 Å². The van der Waals surface area contributed by atoms with Gasteiger partial charge in [0.15, 0.2) is 5.96 Å². The minimum absolute atomic E-state index is 0.0375. The van der Waals surface area contributed by atoms with Gasteiger partial charge in [-0.05, 0) is 44.9 Å². The third kappa shape index (κ3) is 5.99. The Hall–Kier alpha value is -3.03. The lowest BCUT2D eigenvalue weighted by Gasteiger charge is -2.24. The third-order valence-electron chi connectivity index (χ3n) is 5.10. The number of ether oxygens (including phenoxy) is 1. The number of aromatic nitrogens is 1. The lowest BCUT2D eigenvalue weighted by atomic mass is 10.1. The molecule has 0 spiro atoms. The summed E-state index contributed by atoms with van der Waals surface area (Å²) in [5.41, 5.74) is 1.64. The number of alkyl carbamates (subject to hydrolysis) is 1. The van der Waals surface area contributed by atoms with Crippen LogP contribution in [0.15, 0.2) is 35.3 Å². The molecule has 8 nitrogen and oxygen atoms in total. The number of pyridine rings is 1. The smallest absolute Gasteiger partial charge is 0.407 e. The zero-order valence-electron chi connectivity index (χ0n) is 19.4. The number of likely N-dealkylation sites (tertiary alicyclic amines) is 1. The van der Waals surface area contributed by atoms with Crippen molar-refractivity contribution in [1.82, 2.24) is 20.5 Å². The number of carbonyl (C=O) groups is 1. The fraction of sp³-hybridized carbons (Fsp3) is 0.522. The number of nitrogens with zero attached hydrogens (tertiary/aromatic N) is 4. The summed E-state index contributed by atoms with van der Waals surface area (Å²) in [5, 5.41) is 7.57. The first-order valence-electron chi connectivity index (χ1n) is 10.7. The van der Waals surface area contributed by atoms with Crippen molar-refractivity contribution in [3.8, 4) is 0 Å². The van der Waals surface area contributed by atoms with E-state index in [1.165, 1.54) is 0 Å². The molecule has 0 bridgehead atoms. The van der Waals surface area contributed by atoms with Gasteiger partial charge in [-0.15, -0.1) is 0 Å². The maximum atomic E-state index is 12.1. The molecule has 31 heavy (non-hydrogen) atoms. The summed E-state index contributed by atoms with van der Waals surface area (Å²) in [5.74, 6) is 1.74. The zero-order chi connectivity index (χ0) is 22.6. The van der Waals surface area contributed by atoms with Crippen molar-refractivity contribution in [3.05, 3.63) is 35.9 Å². The number of para-hydroxylation sites is 1. The fourth-order valence-electron chi connectivity index (χ4n) is 3.66. The summed E-state index contributed by atoms with van der Waals surface area (Å²) in [6.07, 6.45) is 0.477. The van der Waals surface area contributed by atoms with Crippen LogP contribution in [0.5, 0.6) is 0 Å². The molecule has 2 aromatic rings. The number of nitrogens with one attached hydrogen (secondary N) is 2. The van der Waals surface area contributed by atoms with Crippen LogP contribution in [0.3, 0.4) is 0 Å². The summed E-state index contributed by atoms with van der Waals surface area (Å²) >= 11 is 0. The molecular formula is C23H34N6O2. The van der Waals surface area contributed by atoms with Crippen molar-refractivity contribution in [3.63, 3.8) is 0 Å². The van der Waals surface area contributed by atoms with Crippen LogP contribution in [0, 0.1) is 0 Å². The van der Waals surface area contributed by atoms with E-state index in [1.54, 1.807) is 7.05 Å². The number of benzene rings is 1. The Balaban J connectivity index is 1.65. The summed E-state index contributed by atoms with van der Waals surface area (Å²) in [4.78, 5) is 25.4. The number of amides is 1. The normalized spacial score (nSPS) is 17.0. The Morgan fingerprint density at radius 2 is 2.06 bits per heavy atom. The van der Waals surface area contributed by atoms with Crippen molar-refractivity contribution in [2.75, 3.05) is 39.1 Å². The Kier molecular flexibility index (Phi) is 6.87. The third-order valence-corrected chi connectivity index (χ3v) is 5.10. The molecule has 2 heterocycles. The van der Waals surface area contributed by atoms with Gasteiger partial charge in [0.1, 0.15) is 11.4 Å². The van der Waals surface area contributed by atoms with E-state index >= 15 is 0 Å². The second-order valence-corrected chi connectivity index (χ2v) is 9.03. The Labute approximate surface area is 184 Å². The molecule has 1 aromatic carbocycles. The Morgan fingerprint density at radius 3 is 2.74 bits per heavy atom. The molecule has 0 radical (unpaired) electrons. The van der Waals surface area contributed by atoms with E-state index in [9.17, 15) is 4.79 Å². The molecule has 1 aliphatic heterocycles. The molecule has 1 unspecified atom stereocenters. The average molecular weight is 427 g/mol. The number of rotatable bonds is 4. The van der Waals surface area contributed by atoms with Gasteiger partial charge >= 0.3 is 6.09 Å². The molecule has 1 aliphatic rings. The fourth-order valence-corrected chi connectivity index (χ4v) is 3.66. The van der Waals surface area contributed by atoms with Crippen molar-refractivity contribution in [1.29, 1.82) is 0 Å². The van der Waals surface area contributed by atoms with Crippen LogP contribution in [-0.4, -0.2) is 67.8 Å². The second kappa shape index (κ2) is 9.41. The van der Waals surface area contributed by atoms with Gasteiger partial charge in [0.25, 0.3) is 0 Å². The highest BCUT2D eigenvalue weighted by molar-refractivity contribution is 5.85. The van der Waals surface area contributed by atoms with Crippen molar-refractivity contribution >= 4 is 28.8 Å². The van der Waals surface area contributed by atoms with Gasteiger partial charge in [0.05, 0.1) is 11.6 Å². The summed E-state index contributed by atoms with van der Waals surface area (Å²) < 4.78 is 5.37. The molecule has 1 saturated heterocycles. The number of guanidine groups is 1. The van der Waals surface area contributed by atoms with Gasteiger partial charge in [-0.3, -0.25) is 4.99 Å². The monoisotopic (exact) mass is 426 g/mol. The molecule has 0 saturated carbocycles. The zero-order valence-corrected chi connectivity index (χ0v) is 19.4. The van der Waals surface area contributed by atoms with Crippen LogP contribution in [-0.2, 0) is 11.3 Å². The molecule has 0 aliphatic carbocycles. The molecule has 8 heteroatoms. The maximum absolute atomic E-state index is 12.1. The number of hydrogen-bond donors (Lipinski definition) is 2. The van der Waals surface area contributed by atoms with E-state index in [0.29, 0.717) is 13.1 Å². The van der Waals surface area contributed by atoms with Crippen molar-refractivity contribution in [2.24, 2.45) is 4.99 Å². The van der Waals surface area contributed by atoms with Gasteiger partial charge < -0.3 is 25.2 Å². The molecule has 168 valence electrons. The number of hydrogen-bond acceptors (Lipinski definition) is 5. The highest BCUT2D eigenvalue weighted by Gasteiger charge is 2.27. The first-order valence-corrected chi connectivity index (χ1v) is 10.7. The quantitative estimate of drug-likeness (QED) is 0.578. The largest absolute Gasteiger partial charge is 0.444 e. The highest BCUT2D eigenvalue weighted by atomic mass is 16.6. The summed E-state index contributed by atoms with van der Waals surface area (Å²) in [7, 11) is 5.78. The van der Waals surface area contributed by atoms with Crippen molar-refractivity contribution < 1.29 is 9.53 Å². The van der Waals surface area contributed by atoms with E-state index in [0.717, 1.165) is 41.2 Å². The Bertz CT molecular complexity index is 951. The van der Waals surface area contributed by atoms with Crippen LogP contribution in [0.1, 0.15) is 32.8 Å². The van der Waals surface area contributed by atoms with Gasteiger partial charge in [0.2, 0.25) is 0 Å². The predicted molar refractivity (Wildman–Crippen MR) is 126 cm³/mol. The van der Waals surface area contributed by atoms with Crippen LogP contribution in [0.25, 0.3) is 10.9 Å². The lowest BCUT2D eigenvalue weighted by molar-refractivity contribution is 0.0507. The first kappa shape index (κ1) is 22.7. The van der Waals surface area contributed by atoms with Crippen LogP contribution in [0.4, 0.5) is 10.6 Å². The van der Waals surface area contributed by atoms with E-state index < -0.39 is 5.60 Å². The van der Waals surface area contributed by atoms with E-state index in [-0.39, 0.29) is 12.1 Å². The van der Waals surface area contributed by atoms with E-state index in [4.69, 9.17) is 9.72 Å². The van der Waals surface area contributed by atoms with Gasteiger partial charge in [0, 0.05) is 46.2 Å². The molecule has 1 atom stereocenters. The second-order valence-electron chi connectivity index (χ2n) is 9.03. The topological polar surface area (TPSA) is 82.1 Å². The molecule has 1 amide bonds. The standard InChI is InChI=1S/C23H34N6O2/c1-23(2,3)31-22(30)26-17-11-12-29(15-17)21(24-4)25-14-16-13-20(28(5)6)27-19-10-8-7-9-18(16)19/h7-10,13,17H,11-12,14-15H2,1-6H3,(H,24,25)(H,26,30). The number of carbonyl (C=O) groups excluding carboxylic acids is 1. The minimum Gasteiger partial charge on any atom is -0.444 e. The van der Waals surface area contributed by atoms with Crippen LogP contribution < -0.4 is 15.5 Å². The lowest BCUT2D eigenvalue weighted by Crippen LogP contribution is -2.44. The van der Waals surface area contributed by atoms with Crippen LogP contribution in [0.2, 0.25) is 0 Å². The molecule has 1 fully saturated rings. The number of fused-ring (bicyclic) bond motifs is 1. The SMILES string of the molecule is CN=C(NCc1cc(N(C)C)nc2ccccc12)N1CCC(NC(=O)OC(C)(C)C)C1. The van der Waals surface area contributed by atoms with E-state index in [1.807, 2.05) is 58.0 Å². The van der Waals surface area contributed by atoms with Gasteiger partial charge in [-0.2, -0.15) is 0 Å². The summed E-state index contributed by atoms with van der Waals surface area (Å²) in [6.45, 7) is 7.74. The first-order chi connectivity index (χ1) is 14.7. The maximum Gasteiger partial charge on any atom is 0.407 e. The molecule has 1 aromatic heterocycles. The molecular weight excluding hydrogens is 392 g/mol. The van der Waals surface area contributed by atoms with Gasteiger partial charge in [-0.1, -0.05) is 18.2 Å². The van der Waals surface area contributed by atoms with E-state index in [2.05, 4.69) is 32.7 Å². The number of anilines is 1. The molecule has 3 rings (SSSR count). The summed E-state index contributed by atoms with van der Waals surface area (Å²) in [6, 6.07) is 10.3. The average Bonchev–Trinajstić information content (AvgIpc) is 3.14. The van der Waals surface area contributed by atoms with Crippen LogP contribution >= 0.6 is 0 Å². The highest BCUT2D eigenvalue weighted by Crippen LogP contribution is 2.22. The minimum atomic E-state index is -0.501. The van der Waals surface area contributed by atoms with Crippen molar-refractivity contribution in [2.45, 2.75) is 45.4 Å². The predicted octanol–water partition coefficient (Wildman–Crippen LogP) is 2.98. The Morgan fingerprint density at radius 1 is 1.32 bits per heavy atom.